The molecule has 0 saturated heterocycles. The zero-order chi connectivity index (χ0) is 26.4. The molecule has 2 aromatic carbocycles. The van der Waals surface area contributed by atoms with Crippen molar-refractivity contribution in [3.05, 3.63) is 82.2 Å². The number of rotatable bonds is 11. The first-order chi connectivity index (χ1) is 17.9. The molecule has 0 unspecified atom stereocenters. The van der Waals surface area contributed by atoms with Crippen molar-refractivity contribution >= 4 is 27.5 Å². The van der Waals surface area contributed by atoms with Crippen molar-refractivity contribution in [1.29, 1.82) is 0 Å². The Balaban J connectivity index is 1.44. The average molecular weight is 569 g/mol. The first kappa shape index (κ1) is 26.0. The molecule has 4 aromatic rings. The lowest BCUT2D eigenvalue weighted by Crippen LogP contribution is -2.08. The van der Waals surface area contributed by atoms with E-state index in [4.69, 9.17) is 14.2 Å². The maximum atomic E-state index is 13.7. The summed E-state index contributed by atoms with van der Waals surface area (Å²) >= 11 is 3.16. The van der Waals surface area contributed by atoms with Gasteiger partial charge < -0.3 is 14.2 Å². The second-order valence-corrected chi connectivity index (χ2v) is 8.66. The molecule has 9 nitrogen and oxygen atoms in total. The number of hydrogen-bond acceptors (Lipinski definition) is 8. The quantitative estimate of drug-likeness (QED) is 0.245. The number of H-pyrrole nitrogens is 1. The molecular formula is C26H22BrFN4O5. The fourth-order valence-corrected chi connectivity index (χ4v) is 3.90. The van der Waals surface area contributed by atoms with Crippen LogP contribution in [-0.2, 0) is 6.61 Å². The van der Waals surface area contributed by atoms with E-state index in [-0.39, 0.29) is 41.2 Å². The van der Waals surface area contributed by atoms with Crippen LogP contribution in [0, 0.1) is 5.82 Å². The van der Waals surface area contributed by atoms with E-state index in [0.29, 0.717) is 39.9 Å². The Morgan fingerprint density at radius 1 is 0.946 bits per heavy atom. The van der Waals surface area contributed by atoms with Gasteiger partial charge in [-0.05, 0) is 64.5 Å². The van der Waals surface area contributed by atoms with Crippen LogP contribution in [-0.4, -0.2) is 46.0 Å². The van der Waals surface area contributed by atoms with Crippen LogP contribution >= 0.6 is 15.9 Å². The SMILES string of the molecule is COc1cc(C(=O)CCC(=O)c2ccc(OC)c(-c3ccc(F)c(Br)c3)n2)ccc1OCc1ncn[nH]1. The van der Waals surface area contributed by atoms with Crippen LogP contribution in [0.2, 0.25) is 0 Å². The minimum absolute atomic E-state index is 0.0224. The average Bonchev–Trinajstić information content (AvgIpc) is 3.45. The molecule has 0 aliphatic carbocycles. The molecule has 1 N–H and O–H groups in total. The Kier molecular flexibility index (Phi) is 8.24. The number of ether oxygens (including phenoxy) is 3. The number of pyridine rings is 1. The summed E-state index contributed by atoms with van der Waals surface area (Å²) < 4.78 is 30.3. The predicted molar refractivity (Wildman–Crippen MR) is 135 cm³/mol. The molecule has 190 valence electrons. The molecular weight excluding hydrogens is 547 g/mol. The molecule has 37 heavy (non-hydrogen) atoms. The van der Waals surface area contributed by atoms with E-state index in [0.717, 1.165) is 0 Å². The summed E-state index contributed by atoms with van der Waals surface area (Å²) in [6.07, 6.45) is 1.31. The second-order valence-electron chi connectivity index (χ2n) is 7.81. The van der Waals surface area contributed by atoms with Gasteiger partial charge in [-0.3, -0.25) is 14.7 Å². The number of carbonyl (C=O) groups excluding carboxylic acids is 2. The van der Waals surface area contributed by atoms with Gasteiger partial charge in [0.1, 0.15) is 35.9 Å². The van der Waals surface area contributed by atoms with Crippen molar-refractivity contribution in [2.45, 2.75) is 19.4 Å². The molecule has 0 radical (unpaired) electrons. The van der Waals surface area contributed by atoms with Crippen LogP contribution in [0.25, 0.3) is 11.3 Å². The van der Waals surface area contributed by atoms with Crippen molar-refractivity contribution in [2.75, 3.05) is 14.2 Å². The number of methoxy groups -OCH3 is 2. The third-order valence-electron chi connectivity index (χ3n) is 5.45. The maximum absolute atomic E-state index is 13.7. The van der Waals surface area contributed by atoms with Gasteiger partial charge in [0, 0.05) is 24.0 Å². The molecule has 0 atom stereocenters. The second kappa shape index (κ2) is 11.7. The minimum atomic E-state index is -0.417. The van der Waals surface area contributed by atoms with Crippen LogP contribution < -0.4 is 14.2 Å². The normalized spacial score (nSPS) is 10.7. The highest BCUT2D eigenvalue weighted by Gasteiger charge is 2.18. The van der Waals surface area contributed by atoms with Gasteiger partial charge in [0.2, 0.25) is 0 Å². The lowest BCUT2D eigenvalue weighted by molar-refractivity contribution is 0.0915. The van der Waals surface area contributed by atoms with E-state index in [2.05, 4.69) is 36.1 Å². The fourth-order valence-electron chi connectivity index (χ4n) is 3.52. The lowest BCUT2D eigenvalue weighted by Gasteiger charge is -2.11. The smallest absolute Gasteiger partial charge is 0.181 e. The highest BCUT2D eigenvalue weighted by molar-refractivity contribution is 9.10. The summed E-state index contributed by atoms with van der Waals surface area (Å²) in [6.45, 7) is 0.157. The number of Topliss-reactive ketones (excluding diaryl/α,β-unsaturated/α-hetero) is 2. The van der Waals surface area contributed by atoms with Crippen LogP contribution in [0.1, 0.15) is 39.5 Å². The van der Waals surface area contributed by atoms with Gasteiger partial charge in [-0.25, -0.2) is 14.4 Å². The van der Waals surface area contributed by atoms with Gasteiger partial charge in [0.25, 0.3) is 0 Å². The number of benzene rings is 2. The number of nitrogens with one attached hydrogen (secondary N) is 1. The van der Waals surface area contributed by atoms with Crippen LogP contribution in [0.5, 0.6) is 17.2 Å². The van der Waals surface area contributed by atoms with E-state index in [1.54, 1.807) is 36.4 Å². The largest absolute Gasteiger partial charge is 0.494 e. The Morgan fingerprint density at radius 3 is 2.41 bits per heavy atom. The summed E-state index contributed by atoms with van der Waals surface area (Å²) in [5.41, 5.74) is 1.54. The number of halogens is 2. The van der Waals surface area contributed by atoms with E-state index < -0.39 is 5.82 Å². The molecule has 11 heteroatoms. The topological polar surface area (TPSA) is 116 Å². The Morgan fingerprint density at radius 2 is 1.70 bits per heavy atom. The molecule has 0 saturated carbocycles. The highest BCUT2D eigenvalue weighted by atomic mass is 79.9. The third kappa shape index (κ3) is 6.18. The van der Waals surface area contributed by atoms with Gasteiger partial charge in [0.15, 0.2) is 28.9 Å². The number of nitrogens with zero attached hydrogens (tertiary/aromatic N) is 3. The Bertz CT molecular complexity index is 1430. The number of aromatic amines is 1. The zero-order valence-electron chi connectivity index (χ0n) is 20.0. The molecule has 4 rings (SSSR count). The maximum Gasteiger partial charge on any atom is 0.181 e. The van der Waals surface area contributed by atoms with Crippen LogP contribution in [0.3, 0.4) is 0 Å². The number of ketones is 2. The monoisotopic (exact) mass is 568 g/mol. The molecule has 2 aromatic heterocycles. The third-order valence-corrected chi connectivity index (χ3v) is 6.06. The lowest BCUT2D eigenvalue weighted by atomic mass is 10.0. The summed E-state index contributed by atoms with van der Waals surface area (Å²) in [5.74, 6) is 0.839. The van der Waals surface area contributed by atoms with Gasteiger partial charge in [-0.2, -0.15) is 5.10 Å². The molecule has 0 amide bonds. The van der Waals surface area contributed by atoms with Gasteiger partial charge >= 0.3 is 0 Å². The van der Waals surface area contributed by atoms with E-state index in [1.807, 2.05) is 0 Å². The zero-order valence-corrected chi connectivity index (χ0v) is 21.5. The van der Waals surface area contributed by atoms with Crippen molar-refractivity contribution in [3.63, 3.8) is 0 Å². The van der Waals surface area contributed by atoms with Crippen molar-refractivity contribution in [1.82, 2.24) is 20.2 Å². The summed E-state index contributed by atoms with van der Waals surface area (Å²) in [4.78, 5) is 34.1. The number of carbonyl (C=O) groups is 2. The first-order valence-corrected chi connectivity index (χ1v) is 11.9. The molecule has 0 aliphatic rings. The number of aromatic nitrogens is 4. The van der Waals surface area contributed by atoms with Gasteiger partial charge in [-0.1, -0.05) is 0 Å². The molecule has 0 aliphatic heterocycles. The van der Waals surface area contributed by atoms with Crippen LogP contribution in [0.4, 0.5) is 4.39 Å². The molecule has 0 fully saturated rings. The molecule has 0 spiro atoms. The van der Waals surface area contributed by atoms with E-state index in [9.17, 15) is 14.0 Å². The summed E-state index contributed by atoms with van der Waals surface area (Å²) in [6, 6.07) is 12.4. The standard InChI is InChI=1S/C26H22BrFN4O5/c1-35-23-10-6-19(31-26(23)16-3-5-18(28)17(27)11-16)21(34)8-7-20(33)15-4-9-22(24(12-15)36-2)37-13-25-29-14-30-32-25/h3-6,9-12,14H,7-8,13H2,1-2H3,(H,29,30,32). The van der Waals surface area contributed by atoms with Crippen molar-refractivity contribution in [3.8, 4) is 28.5 Å². The van der Waals surface area contributed by atoms with Gasteiger partial charge in [0.05, 0.1) is 18.7 Å². The van der Waals surface area contributed by atoms with E-state index >= 15 is 0 Å². The minimum Gasteiger partial charge on any atom is -0.494 e. The van der Waals surface area contributed by atoms with Gasteiger partial charge in [-0.15, -0.1) is 0 Å². The Labute approximate surface area is 220 Å². The van der Waals surface area contributed by atoms with Crippen molar-refractivity contribution < 1.29 is 28.2 Å². The van der Waals surface area contributed by atoms with Crippen LogP contribution in [0.15, 0.2) is 59.3 Å². The van der Waals surface area contributed by atoms with E-state index in [1.165, 1.54) is 32.7 Å². The fraction of sp³-hybridized carbons (Fsp3) is 0.192. The summed E-state index contributed by atoms with van der Waals surface area (Å²) in [5, 5.41) is 6.46. The summed E-state index contributed by atoms with van der Waals surface area (Å²) in [7, 11) is 2.96. The molecule has 2 heterocycles. The Hall–Kier alpha value is -4.12. The number of hydrogen-bond donors (Lipinski definition) is 1. The predicted octanol–water partition coefficient (Wildman–Crippen LogP) is 5.21. The van der Waals surface area contributed by atoms with Crippen molar-refractivity contribution in [2.24, 2.45) is 0 Å². The molecule has 0 bridgehead atoms. The highest BCUT2D eigenvalue weighted by Crippen LogP contribution is 2.32. The first-order valence-electron chi connectivity index (χ1n) is 11.1.